The minimum Gasteiger partial charge on any atom is -0.378 e. The average molecular weight is 415 g/mol. The Kier molecular flexibility index (Phi) is 6.29. The molecule has 0 aromatic heterocycles. The van der Waals surface area contributed by atoms with Crippen LogP contribution >= 0.6 is 0 Å². The molecule has 0 aliphatic carbocycles. The van der Waals surface area contributed by atoms with Gasteiger partial charge in [-0.1, -0.05) is 24.3 Å². The van der Waals surface area contributed by atoms with E-state index >= 15 is 0 Å². The summed E-state index contributed by atoms with van der Waals surface area (Å²) in [4.78, 5) is 27.5. The topological polar surface area (TPSA) is 70.7 Å². The second kappa shape index (κ2) is 9.45. The first-order valence-electron chi connectivity index (χ1n) is 10.3. The maximum absolute atomic E-state index is 12.8. The number of amides is 2. The summed E-state index contributed by atoms with van der Waals surface area (Å²) < 4.78 is 5.39. The van der Waals surface area contributed by atoms with Crippen molar-refractivity contribution >= 4 is 28.9 Å². The van der Waals surface area contributed by atoms with Gasteiger partial charge in [0.05, 0.1) is 13.2 Å². The lowest BCUT2D eigenvalue weighted by atomic mass is 10.1. The fourth-order valence-electron chi connectivity index (χ4n) is 3.46. The number of benzene rings is 3. The summed E-state index contributed by atoms with van der Waals surface area (Å²) in [6.45, 7) is 5.09. The number of hydrogen-bond donors (Lipinski definition) is 2. The number of nitrogens with one attached hydrogen (secondary N) is 2. The molecule has 0 saturated carbocycles. The van der Waals surface area contributed by atoms with Gasteiger partial charge in [0.2, 0.25) is 0 Å². The maximum Gasteiger partial charge on any atom is 0.255 e. The summed E-state index contributed by atoms with van der Waals surface area (Å²) in [5.74, 6) is -0.436. The van der Waals surface area contributed by atoms with Crippen molar-refractivity contribution in [1.82, 2.24) is 0 Å². The molecule has 1 aliphatic rings. The molecule has 0 spiro atoms. The first-order valence-corrected chi connectivity index (χ1v) is 10.3. The summed E-state index contributed by atoms with van der Waals surface area (Å²) in [5.41, 5.74) is 4.38. The third-order valence-corrected chi connectivity index (χ3v) is 5.29. The largest absolute Gasteiger partial charge is 0.378 e. The molecule has 4 rings (SSSR count). The standard InChI is InChI=1S/C25H25N3O3/c1-18-7-8-20(17-23(18)27-24(29)19-5-3-2-4-6-19)25(30)26-21-9-11-22(12-10-21)28-13-15-31-16-14-28/h2-12,17H,13-16H2,1H3,(H,26,30)(H,27,29). The van der Waals surface area contributed by atoms with Crippen molar-refractivity contribution in [2.45, 2.75) is 6.92 Å². The van der Waals surface area contributed by atoms with Crippen molar-refractivity contribution in [3.8, 4) is 0 Å². The van der Waals surface area contributed by atoms with E-state index in [-0.39, 0.29) is 11.8 Å². The number of aryl methyl sites for hydroxylation is 1. The van der Waals surface area contributed by atoms with Crippen LogP contribution in [0.3, 0.4) is 0 Å². The van der Waals surface area contributed by atoms with Crippen LogP contribution in [0.5, 0.6) is 0 Å². The summed E-state index contributed by atoms with van der Waals surface area (Å²) in [5, 5.41) is 5.82. The number of anilines is 3. The van der Waals surface area contributed by atoms with Gasteiger partial charge in [-0.15, -0.1) is 0 Å². The molecule has 2 N–H and O–H groups in total. The smallest absolute Gasteiger partial charge is 0.255 e. The number of ether oxygens (including phenoxy) is 1. The van der Waals surface area contributed by atoms with Gasteiger partial charge in [-0.2, -0.15) is 0 Å². The fraction of sp³-hybridized carbons (Fsp3) is 0.200. The molecule has 3 aromatic rings. The predicted molar refractivity (Wildman–Crippen MR) is 123 cm³/mol. The third kappa shape index (κ3) is 5.10. The Bertz CT molecular complexity index is 1060. The van der Waals surface area contributed by atoms with Crippen molar-refractivity contribution in [2.24, 2.45) is 0 Å². The molecular formula is C25H25N3O3. The van der Waals surface area contributed by atoms with Gasteiger partial charge in [0, 0.05) is 41.3 Å². The second-order valence-corrected chi connectivity index (χ2v) is 7.45. The van der Waals surface area contributed by atoms with E-state index in [1.165, 1.54) is 0 Å². The summed E-state index contributed by atoms with van der Waals surface area (Å²) in [6, 6.07) is 22.1. The van der Waals surface area contributed by atoms with Gasteiger partial charge >= 0.3 is 0 Å². The Morgan fingerprint density at radius 1 is 0.806 bits per heavy atom. The van der Waals surface area contributed by atoms with Gasteiger partial charge in [-0.3, -0.25) is 9.59 Å². The van der Waals surface area contributed by atoms with Gasteiger partial charge in [0.25, 0.3) is 11.8 Å². The molecule has 6 heteroatoms. The molecule has 2 amide bonds. The zero-order valence-electron chi connectivity index (χ0n) is 17.4. The Balaban J connectivity index is 1.43. The number of rotatable bonds is 5. The molecule has 158 valence electrons. The molecule has 31 heavy (non-hydrogen) atoms. The zero-order chi connectivity index (χ0) is 21.6. The van der Waals surface area contributed by atoms with Crippen molar-refractivity contribution in [2.75, 3.05) is 41.8 Å². The van der Waals surface area contributed by atoms with Gasteiger partial charge in [0.15, 0.2) is 0 Å². The molecule has 1 saturated heterocycles. The molecule has 1 heterocycles. The molecule has 1 fully saturated rings. The molecule has 0 bridgehead atoms. The fourth-order valence-corrected chi connectivity index (χ4v) is 3.46. The van der Waals surface area contributed by atoms with Crippen LogP contribution in [0.2, 0.25) is 0 Å². The number of nitrogens with zero attached hydrogens (tertiary/aromatic N) is 1. The van der Waals surface area contributed by atoms with Gasteiger partial charge in [-0.25, -0.2) is 0 Å². The Morgan fingerprint density at radius 3 is 2.19 bits per heavy atom. The lowest BCUT2D eigenvalue weighted by Gasteiger charge is -2.28. The van der Waals surface area contributed by atoms with Crippen molar-refractivity contribution in [3.63, 3.8) is 0 Å². The van der Waals surface area contributed by atoms with E-state index < -0.39 is 0 Å². The summed E-state index contributed by atoms with van der Waals surface area (Å²) in [7, 11) is 0. The lowest BCUT2D eigenvalue weighted by molar-refractivity contribution is 0.101. The highest BCUT2D eigenvalue weighted by Gasteiger charge is 2.13. The summed E-state index contributed by atoms with van der Waals surface area (Å²) in [6.07, 6.45) is 0. The number of morpholine rings is 1. The van der Waals surface area contributed by atoms with Crippen molar-refractivity contribution in [1.29, 1.82) is 0 Å². The molecule has 0 unspecified atom stereocenters. The molecular weight excluding hydrogens is 390 g/mol. The van der Waals surface area contributed by atoms with Crippen LogP contribution < -0.4 is 15.5 Å². The first kappa shape index (κ1) is 20.6. The van der Waals surface area contributed by atoms with Gasteiger partial charge < -0.3 is 20.3 Å². The lowest BCUT2D eigenvalue weighted by Crippen LogP contribution is -2.36. The van der Waals surface area contributed by atoms with E-state index in [0.29, 0.717) is 16.8 Å². The van der Waals surface area contributed by atoms with Crippen LogP contribution in [0, 0.1) is 6.92 Å². The van der Waals surface area contributed by atoms with Gasteiger partial charge in [-0.05, 0) is 61.0 Å². The second-order valence-electron chi connectivity index (χ2n) is 7.45. The maximum atomic E-state index is 12.8. The number of hydrogen-bond acceptors (Lipinski definition) is 4. The average Bonchev–Trinajstić information content (AvgIpc) is 2.82. The molecule has 0 radical (unpaired) electrons. The Labute approximate surface area is 181 Å². The van der Waals surface area contributed by atoms with Crippen LogP contribution in [0.25, 0.3) is 0 Å². The monoisotopic (exact) mass is 415 g/mol. The Morgan fingerprint density at radius 2 is 1.48 bits per heavy atom. The van der Waals surface area contributed by atoms with Crippen LogP contribution in [-0.4, -0.2) is 38.1 Å². The zero-order valence-corrected chi connectivity index (χ0v) is 17.4. The molecule has 6 nitrogen and oxygen atoms in total. The van der Waals surface area contributed by atoms with Crippen LogP contribution in [0.1, 0.15) is 26.3 Å². The van der Waals surface area contributed by atoms with Crippen LogP contribution in [-0.2, 0) is 4.74 Å². The van der Waals surface area contributed by atoms with Crippen molar-refractivity contribution in [3.05, 3.63) is 89.5 Å². The summed E-state index contributed by atoms with van der Waals surface area (Å²) >= 11 is 0. The number of carbonyl (C=O) groups excluding carboxylic acids is 2. The molecule has 1 aliphatic heterocycles. The van der Waals surface area contributed by atoms with E-state index in [1.54, 1.807) is 24.3 Å². The van der Waals surface area contributed by atoms with E-state index in [0.717, 1.165) is 43.2 Å². The van der Waals surface area contributed by atoms with Crippen molar-refractivity contribution < 1.29 is 14.3 Å². The molecule has 3 aromatic carbocycles. The first-order chi connectivity index (χ1) is 15.1. The number of carbonyl (C=O) groups is 2. The quantitative estimate of drug-likeness (QED) is 0.651. The normalized spacial score (nSPS) is 13.5. The minimum atomic E-state index is -0.227. The van der Waals surface area contributed by atoms with E-state index in [2.05, 4.69) is 15.5 Å². The highest BCUT2D eigenvalue weighted by atomic mass is 16.5. The highest BCUT2D eigenvalue weighted by molar-refractivity contribution is 6.07. The van der Waals surface area contributed by atoms with E-state index in [4.69, 9.17) is 4.74 Å². The van der Waals surface area contributed by atoms with Crippen LogP contribution in [0.15, 0.2) is 72.8 Å². The van der Waals surface area contributed by atoms with E-state index in [9.17, 15) is 9.59 Å². The highest BCUT2D eigenvalue weighted by Crippen LogP contribution is 2.21. The SMILES string of the molecule is Cc1ccc(C(=O)Nc2ccc(N3CCOCC3)cc2)cc1NC(=O)c1ccccc1. The van der Waals surface area contributed by atoms with E-state index in [1.807, 2.05) is 55.5 Å². The Hall–Kier alpha value is -3.64. The van der Waals surface area contributed by atoms with Gasteiger partial charge in [0.1, 0.15) is 0 Å². The molecule has 0 atom stereocenters. The van der Waals surface area contributed by atoms with Crippen LogP contribution in [0.4, 0.5) is 17.1 Å². The third-order valence-electron chi connectivity index (χ3n) is 5.29. The minimum absolute atomic E-state index is 0.208. The predicted octanol–water partition coefficient (Wildman–Crippen LogP) is 4.34.